The number of aromatic nitrogens is 1. The molecule has 0 radical (unpaired) electrons. The van der Waals surface area contributed by atoms with Gasteiger partial charge >= 0.3 is 0 Å². The van der Waals surface area contributed by atoms with Gasteiger partial charge in [-0.15, -0.1) is 0 Å². The molecular formula is C16H17FN2O. The van der Waals surface area contributed by atoms with Crippen LogP contribution in [-0.2, 0) is 0 Å². The molecular weight excluding hydrogens is 255 g/mol. The molecule has 1 atom stereocenters. The molecule has 1 aromatic carbocycles. The molecule has 4 heteroatoms. The summed E-state index contributed by atoms with van der Waals surface area (Å²) in [6, 6.07) is 9.85. The van der Waals surface area contributed by atoms with Crippen molar-refractivity contribution in [3.05, 3.63) is 59.5 Å². The number of hydrogen-bond acceptors (Lipinski definition) is 2. The highest BCUT2D eigenvalue weighted by molar-refractivity contribution is 6.04. The topological polar surface area (TPSA) is 42.0 Å². The van der Waals surface area contributed by atoms with Gasteiger partial charge in [-0.2, -0.15) is 0 Å². The van der Waals surface area contributed by atoms with Crippen molar-refractivity contribution in [1.82, 2.24) is 4.98 Å². The van der Waals surface area contributed by atoms with Crippen LogP contribution in [0.15, 0.2) is 42.6 Å². The molecule has 1 unspecified atom stereocenters. The minimum absolute atomic E-state index is 0.0495. The average Bonchev–Trinajstić information content (AvgIpc) is 2.48. The van der Waals surface area contributed by atoms with Gasteiger partial charge in [0.15, 0.2) is 0 Å². The number of benzene rings is 1. The number of nitrogens with one attached hydrogen (secondary N) is 1. The van der Waals surface area contributed by atoms with E-state index in [9.17, 15) is 9.18 Å². The minimum Gasteiger partial charge on any atom is -0.306 e. The summed E-state index contributed by atoms with van der Waals surface area (Å²) in [5.74, 6) is -0.306. The number of pyridine rings is 1. The Morgan fingerprint density at radius 2 is 2.15 bits per heavy atom. The fourth-order valence-corrected chi connectivity index (χ4v) is 1.88. The molecule has 20 heavy (non-hydrogen) atoms. The van der Waals surface area contributed by atoms with Crippen LogP contribution in [0, 0.1) is 5.82 Å². The molecule has 3 nitrogen and oxygen atoms in total. The van der Waals surface area contributed by atoms with E-state index < -0.39 is 11.7 Å². The van der Waals surface area contributed by atoms with E-state index in [1.54, 1.807) is 36.5 Å². The lowest BCUT2D eigenvalue weighted by Gasteiger charge is -2.11. The zero-order valence-electron chi connectivity index (χ0n) is 11.6. The second-order valence-electron chi connectivity index (χ2n) is 4.72. The predicted octanol–water partition coefficient (Wildman–Crippen LogP) is 3.99. The van der Waals surface area contributed by atoms with Crippen LogP contribution in [0.3, 0.4) is 0 Å². The Kier molecular flexibility index (Phi) is 4.45. The van der Waals surface area contributed by atoms with Crippen molar-refractivity contribution >= 4 is 11.7 Å². The first-order valence-corrected chi connectivity index (χ1v) is 6.63. The van der Waals surface area contributed by atoms with Crippen LogP contribution >= 0.6 is 0 Å². The number of nitrogens with zero attached hydrogens (tertiary/aromatic N) is 1. The quantitative estimate of drug-likeness (QED) is 0.914. The van der Waals surface area contributed by atoms with E-state index in [0.29, 0.717) is 5.82 Å². The summed E-state index contributed by atoms with van der Waals surface area (Å²) >= 11 is 0. The van der Waals surface area contributed by atoms with Gasteiger partial charge in [0.25, 0.3) is 5.91 Å². The zero-order valence-corrected chi connectivity index (χ0v) is 11.6. The Morgan fingerprint density at radius 3 is 2.80 bits per heavy atom. The Balaban J connectivity index is 2.25. The monoisotopic (exact) mass is 272 g/mol. The summed E-state index contributed by atoms with van der Waals surface area (Å²) in [7, 11) is 0. The zero-order chi connectivity index (χ0) is 14.5. The summed E-state index contributed by atoms with van der Waals surface area (Å²) in [5.41, 5.74) is 1.01. The van der Waals surface area contributed by atoms with E-state index in [2.05, 4.69) is 17.2 Å². The van der Waals surface area contributed by atoms with E-state index in [1.807, 2.05) is 6.92 Å². The van der Waals surface area contributed by atoms with Crippen LogP contribution in [0.4, 0.5) is 10.2 Å². The Hall–Kier alpha value is -2.23. The van der Waals surface area contributed by atoms with E-state index in [1.165, 1.54) is 6.07 Å². The average molecular weight is 272 g/mol. The second kappa shape index (κ2) is 6.28. The van der Waals surface area contributed by atoms with Crippen LogP contribution in [0.25, 0.3) is 0 Å². The van der Waals surface area contributed by atoms with E-state index >= 15 is 0 Å². The van der Waals surface area contributed by atoms with Gasteiger partial charge in [0, 0.05) is 6.20 Å². The van der Waals surface area contributed by atoms with Gasteiger partial charge in [0.2, 0.25) is 0 Å². The molecule has 0 saturated heterocycles. The third kappa shape index (κ3) is 3.20. The Morgan fingerprint density at radius 1 is 1.35 bits per heavy atom. The van der Waals surface area contributed by atoms with Gasteiger partial charge < -0.3 is 5.32 Å². The lowest BCUT2D eigenvalue weighted by atomic mass is 9.96. The van der Waals surface area contributed by atoms with Gasteiger partial charge in [-0.3, -0.25) is 4.79 Å². The van der Waals surface area contributed by atoms with Crippen LogP contribution in [-0.4, -0.2) is 10.9 Å². The first-order chi connectivity index (χ1) is 9.61. The van der Waals surface area contributed by atoms with Gasteiger partial charge in [-0.05, 0) is 42.2 Å². The fourth-order valence-electron chi connectivity index (χ4n) is 1.88. The van der Waals surface area contributed by atoms with E-state index in [0.717, 1.165) is 12.0 Å². The number of carbonyl (C=O) groups is 1. The number of carbonyl (C=O) groups excluding carboxylic acids is 1. The molecule has 2 rings (SSSR count). The highest BCUT2D eigenvalue weighted by atomic mass is 19.1. The molecule has 0 bridgehead atoms. The summed E-state index contributed by atoms with van der Waals surface area (Å²) in [4.78, 5) is 16.1. The smallest absolute Gasteiger partial charge is 0.259 e. The molecule has 0 aliphatic heterocycles. The summed E-state index contributed by atoms with van der Waals surface area (Å²) in [5, 5.41) is 2.59. The van der Waals surface area contributed by atoms with Crippen LogP contribution < -0.4 is 5.32 Å². The number of rotatable bonds is 4. The van der Waals surface area contributed by atoms with Crippen molar-refractivity contribution < 1.29 is 9.18 Å². The highest BCUT2D eigenvalue weighted by Crippen LogP contribution is 2.21. The molecule has 1 amide bonds. The van der Waals surface area contributed by atoms with Crippen molar-refractivity contribution in [2.45, 2.75) is 26.2 Å². The van der Waals surface area contributed by atoms with Crippen molar-refractivity contribution in [3.63, 3.8) is 0 Å². The number of anilines is 1. The first-order valence-electron chi connectivity index (χ1n) is 6.63. The molecule has 104 valence electrons. The largest absolute Gasteiger partial charge is 0.306 e. The van der Waals surface area contributed by atoms with Crippen molar-refractivity contribution in [1.29, 1.82) is 0 Å². The molecule has 0 aliphatic carbocycles. The number of hydrogen-bond donors (Lipinski definition) is 1. The van der Waals surface area contributed by atoms with Crippen LogP contribution in [0.2, 0.25) is 0 Å². The Bertz CT molecular complexity index is 599. The molecule has 0 saturated carbocycles. The molecule has 2 aromatic rings. The first kappa shape index (κ1) is 14.2. The van der Waals surface area contributed by atoms with Gasteiger partial charge in [-0.25, -0.2) is 9.37 Å². The van der Waals surface area contributed by atoms with Crippen molar-refractivity contribution in [2.75, 3.05) is 5.32 Å². The Labute approximate surface area is 117 Å². The molecule has 1 aromatic heterocycles. The van der Waals surface area contributed by atoms with E-state index in [-0.39, 0.29) is 11.5 Å². The normalized spacial score (nSPS) is 11.9. The SMILES string of the molecule is CCC(C)c1ccc(F)c(C(=O)Nc2ccccn2)c1. The molecule has 0 fully saturated rings. The third-order valence-corrected chi connectivity index (χ3v) is 3.32. The van der Waals surface area contributed by atoms with Gasteiger partial charge in [-0.1, -0.05) is 26.0 Å². The predicted molar refractivity (Wildman–Crippen MR) is 77.3 cm³/mol. The number of halogens is 1. The van der Waals surface area contributed by atoms with E-state index in [4.69, 9.17) is 0 Å². The fraction of sp³-hybridized carbons (Fsp3) is 0.250. The van der Waals surface area contributed by atoms with Crippen LogP contribution in [0.5, 0.6) is 0 Å². The lowest BCUT2D eigenvalue weighted by Crippen LogP contribution is -2.15. The summed E-state index contributed by atoms with van der Waals surface area (Å²) < 4.78 is 13.8. The molecule has 0 spiro atoms. The lowest BCUT2D eigenvalue weighted by molar-refractivity contribution is 0.102. The number of amides is 1. The highest BCUT2D eigenvalue weighted by Gasteiger charge is 2.14. The third-order valence-electron chi connectivity index (χ3n) is 3.32. The standard InChI is InChI=1S/C16H17FN2O/c1-3-11(2)12-7-8-14(17)13(10-12)16(20)19-15-6-4-5-9-18-15/h4-11H,3H2,1-2H3,(H,18,19,20). The summed E-state index contributed by atoms with van der Waals surface area (Å²) in [6.45, 7) is 4.11. The molecule has 1 heterocycles. The van der Waals surface area contributed by atoms with Crippen molar-refractivity contribution in [2.24, 2.45) is 0 Å². The van der Waals surface area contributed by atoms with Crippen LogP contribution in [0.1, 0.15) is 42.1 Å². The minimum atomic E-state index is -0.523. The van der Waals surface area contributed by atoms with Crippen molar-refractivity contribution in [3.8, 4) is 0 Å². The van der Waals surface area contributed by atoms with Gasteiger partial charge in [0.05, 0.1) is 5.56 Å². The summed E-state index contributed by atoms with van der Waals surface area (Å²) in [6.07, 6.45) is 2.51. The maximum Gasteiger partial charge on any atom is 0.259 e. The second-order valence-corrected chi connectivity index (χ2v) is 4.72. The maximum absolute atomic E-state index is 13.8. The maximum atomic E-state index is 13.8. The molecule has 0 aliphatic rings. The molecule has 1 N–H and O–H groups in total. The van der Waals surface area contributed by atoms with Gasteiger partial charge in [0.1, 0.15) is 11.6 Å².